The van der Waals surface area contributed by atoms with E-state index >= 15 is 0 Å². The standard InChI is InChI=1S/C18H31NO/c1-7-19-17(14(3)20-8-2)13-15-9-11-16(12-10-15)18(4,5)6/h9-12,14,17,19H,7-8,13H2,1-6H3. The summed E-state index contributed by atoms with van der Waals surface area (Å²) >= 11 is 0. The predicted octanol–water partition coefficient (Wildman–Crippen LogP) is 3.93. The maximum Gasteiger partial charge on any atom is 0.0703 e. The molecule has 0 saturated heterocycles. The smallest absolute Gasteiger partial charge is 0.0703 e. The minimum absolute atomic E-state index is 0.220. The molecule has 0 spiro atoms. The van der Waals surface area contributed by atoms with Gasteiger partial charge in [0.2, 0.25) is 0 Å². The van der Waals surface area contributed by atoms with Crippen molar-refractivity contribution in [1.29, 1.82) is 0 Å². The first kappa shape index (κ1) is 17.2. The molecule has 0 heterocycles. The highest BCUT2D eigenvalue weighted by molar-refractivity contribution is 5.28. The van der Waals surface area contributed by atoms with Crippen LogP contribution in [0.5, 0.6) is 0 Å². The molecule has 2 nitrogen and oxygen atoms in total. The lowest BCUT2D eigenvalue weighted by Gasteiger charge is -2.25. The van der Waals surface area contributed by atoms with E-state index < -0.39 is 0 Å². The number of hydrogen-bond acceptors (Lipinski definition) is 2. The fourth-order valence-electron chi connectivity index (χ4n) is 2.44. The zero-order valence-corrected chi connectivity index (χ0v) is 14.0. The number of nitrogens with one attached hydrogen (secondary N) is 1. The van der Waals surface area contributed by atoms with Crippen molar-refractivity contribution in [2.45, 2.75) is 65.5 Å². The van der Waals surface area contributed by atoms with Crippen LogP contribution in [0.15, 0.2) is 24.3 Å². The largest absolute Gasteiger partial charge is 0.377 e. The van der Waals surface area contributed by atoms with Gasteiger partial charge in [-0.2, -0.15) is 0 Å². The van der Waals surface area contributed by atoms with Gasteiger partial charge in [0, 0.05) is 12.6 Å². The molecule has 0 bridgehead atoms. The topological polar surface area (TPSA) is 21.3 Å². The van der Waals surface area contributed by atoms with E-state index in [-0.39, 0.29) is 11.5 Å². The molecule has 2 heteroatoms. The van der Waals surface area contributed by atoms with Crippen LogP contribution in [0.2, 0.25) is 0 Å². The highest BCUT2D eigenvalue weighted by atomic mass is 16.5. The van der Waals surface area contributed by atoms with E-state index in [1.165, 1.54) is 11.1 Å². The van der Waals surface area contributed by atoms with Crippen LogP contribution in [0.25, 0.3) is 0 Å². The summed E-state index contributed by atoms with van der Waals surface area (Å²) < 4.78 is 5.74. The Morgan fingerprint density at radius 2 is 1.70 bits per heavy atom. The molecule has 0 aromatic heterocycles. The van der Waals surface area contributed by atoms with Crippen LogP contribution in [-0.4, -0.2) is 25.3 Å². The Morgan fingerprint density at radius 3 is 2.15 bits per heavy atom. The van der Waals surface area contributed by atoms with Crippen molar-refractivity contribution in [2.75, 3.05) is 13.2 Å². The lowest BCUT2D eigenvalue weighted by Crippen LogP contribution is -2.41. The van der Waals surface area contributed by atoms with E-state index in [0.717, 1.165) is 19.6 Å². The van der Waals surface area contributed by atoms with Gasteiger partial charge in [0.1, 0.15) is 0 Å². The second-order valence-corrected chi connectivity index (χ2v) is 6.48. The fourth-order valence-corrected chi connectivity index (χ4v) is 2.44. The van der Waals surface area contributed by atoms with Crippen LogP contribution in [0.1, 0.15) is 52.7 Å². The molecular weight excluding hydrogens is 246 g/mol. The van der Waals surface area contributed by atoms with E-state index in [1.54, 1.807) is 0 Å². The first-order chi connectivity index (χ1) is 9.38. The summed E-state index contributed by atoms with van der Waals surface area (Å²) in [5, 5.41) is 3.54. The molecule has 0 amide bonds. The normalized spacial score (nSPS) is 15.1. The Labute approximate surface area is 124 Å². The van der Waals surface area contributed by atoms with Gasteiger partial charge in [0.25, 0.3) is 0 Å². The van der Waals surface area contributed by atoms with Gasteiger partial charge in [-0.15, -0.1) is 0 Å². The molecule has 20 heavy (non-hydrogen) atoms. The van der Waals surface area contributed by atoms with Gasteiger partial charge in [-0.3, -0.25) is 0 Å². The van der Waals surface area contributed by atoms with E-state index in [9.17, 15) is 0 Å². The highest BCUT2D eigenvalue weighted by Gasteiger charge is 2.18. The minimum atomic E-state index is 0.220. The molecule has 0 fully saturated rings. The minimum Gasteiger partial charge on any atom is -0.377 e. The maximum atomic E-state index is 5.74. The number of hydrogen-bond donors (Lipinski definition) is 1. The Morgan fingerprint density at radius 1 is 1.10 bits per heavy atom. The van der Waals surface area contributed by atoms with Gasteiger partial charge in [-0.1, -0.05) is 52.0 Å². The summed E-state index contributed by atoms with van der Waals surface area (Å²) in [6.45, 7) is 14.8. The van der Waals surface area contributed by atoms with E-state index in [0.29, 0.717) is 6.04 Å². The van der Waals surface area contributed by atoms with Crippen molar-refractivity contribution in [3.63, 3.8) is 0 Å². The van der Waals surface area contributed by atoms with Crippen LogP contribution in [0.4, 0.5) is 0 Å². The third-order valence-corrected chi connectivity index (χ3v) is 3.74. The van der Waals surface area contributed by atoms with Gasteiger partial charge >= 0.3 is 0 Å². The molecule has 0 aliphatic heterocycles. The van der Waals surface area contributed by atoms with Crippen LogP contribution in [0, 0.1) is 0 Å². The van der Waals surface area contributed by atoms with Gasteiger partial charge in [0.15, 0.2) is 0 Å². The monoisotopic (exact) mass is 277 g/mol. The first-order valence-corrected chi connectivity index (χ1v) is 7.82. The van der Waals surface area contributed by atoms with Gasteiger partial charge in [-0.05, 0) is 43.4 Å². The second kappa shape index (κ2) is 7.80. The van der Waals surface area contributed by atoms with Crippen LogP contribution < -0.4 is 5.32 Å². The van der Waals surface area contributed by atoms with E-state index in [2.05, 4.69) is 71.1 Å². The first-order valence-electron chi connectivity index (χ1n) is 7.82. The average Bonchev–Trinajstić information content (AvgIpc) is 2.38. The molecule has 1 aromatic carbocycles. The number of likely N-dealkylation sites (N-methyl/N-ethyl adjacent to an activating group) is 1. The lowest BCUT2D eigenvalue weighted by molar-refractivity contribution is 0.0480. The molecule has 0 aliphatic rings. The van der Waals surface area contributed by atoms with Crippen LogP contribution in [-0.2, 0) is 16.6 Å². The quantitative estimate of drug-likeness (QED) is 0.815. The Bertz CT molecular complexity index is 377. The summed E-state index contributed by atoms with van der Waals surface area (Å²) in [6.07, 6.45) is 1.25. The summed E-state index contributed by atoms with van der Waals surface area (Å²) in [7, 11) is 0. The number of ether oxygens (including phenoxy) is 1. The van der Waals surface area contributed by atoms with E-state index in [4.69, 9.17) is 4.74 Å². The Hall–Kier alpha value is -0.860. The number of rotatable bonds is 7. The molecule has 0 aliphatic carbocycles. The molecule has 1 aromatic rings. The molecule has 114 valence electrons. The lowest BCUT2D eigenvalue weighted by atomic mass is 9.86. The summed E-state index contributed by atoms with van der Waals surface area (Å²) in [5.74, 6) is 0. The SMILES string of the molecule is CCNC(Cc1ccc(C(C)(C)C)cc1)C(C)OCC. The van der Waals surface area contributed by atoms with Crippen molar-refractivity contribution >= 4 is 0 Å². The molecular formula is C18H31NO. The molecule has 2 atom stereocenters. The van der Waals surface area contributed by atoms with Crippen LogP contribution >= 0.6 is 0 Å². The van der Waals surface area contributed by atoms with Crippen molar-refractivity contribution in [1.82, 2.24) is 5.32 Å². The molecule has 0 radical (unpaired) electrons. The Balaban J connectivity index is 2.73. The molecule has 1 N–H and O–H groups in total. The zero-order chi connectivity index (χ0) is 15.2. The van der Waals surface area contributed by atoms with Gasteiger partial charge in [-0.25, -0.2) is 0 Å². The molecule has 0 saturated carbocycles. The second-order valence-electron chi connectivity index (χ2n) is 6.48. The van der Waals surface area contributed by atoms with E-state index in [1.807, 2.05) is 0 Å². The van der Waals surface area contributed by atoms with Gasteiger partial charge in [0.05, 0.1) is 6.10 Å². The third kappa shape index (κ3) is 5.26. The van der Waals surface area contributed by atoms with Crippen molar-refractivity contribution in [3.05, 3.63) is 35.4 Å². The third-order valence-electron chi connectivity index (χ3n) is 3.74. The molecule has 2 unspecified atom stereocenters. The molecule has 1 rings (SSSR count). The van der Waals surface area contributed by atoms with Crippen LogP contribution in [0.3, 0.4) is 0 Å². The van der Waals surface area contributed by atoms with Gasteiger partial charge < -0.3 is 10.1 Å². The van der Waals surface area contributed by atoms with Crippen molar-refractivity contribution < 1.29 is 4.74 Å². The fraction of sp³-hybridized carbons (Fsp3) is 0.667. The summed E-state index contributed by atoms with van der Waals surface area (Å²) in [5.41, 5.74) is 2.98. The van der Waals surface area contributed by atoms with Crippen molar-refractivity contribution in [2.24, 2.45) is 0 Å². The average molecular weight is 277 g/mol. The Kier molecular flexibility index (Phi) is 6.70. The number of benzene rings is 1. The van der Waals surface area contributed by atoms with Crippen molar-refractivity contribution in [3.8, 4) is 0 Å². The maximum absolute atomic E-state index is 5.74. The predicted molar refractivity (Wildman–Crippen MR) is 87.4 cm³/mol. The zero-order valence-electron chi connectivity index (χ0n) is 14.0. The summed E-state index contributed by atoms with van der Waals surface area (Å²) in [6, 6.07) is 9.39. The summed E-state index contributed by atoms with van der Waals surface area (Å²) in [4.78, 5) is 0. The highest BCUT2D eigenvalue weighted by Crippen LogP contribution is 2.22.